The fraction of sp³-hybridized carbons (Fsp3) is 0.750. The Morgan fingerprint density at radius 1 is 1.10 bits per heavy atom. The lowest BCUT2D eigenvalue weighted by molar-refractivity contribution is 0.360. The first-order chi connectivity index (χ1) is 9.27. The van der Waals surface area contributed by atoms with Gasteiger partial charge in [-0.1, -0.05) is 27.7 Å². The predicted octanol–water partition coefficient (Wildman–Crippen LogP) is 3.66. The van der Waals surface area contributed by atoms with Crippen molar-refractivity contribution in [1.82, 2.24) is 9.97 Å². The summed E-state index contributed by atoms with van der Waals surface area (Å²) in [5.41, 5.74) is 6.94. The van der Waals surface area contributed by atoms with Gasteiger partial charge in [0.2, 0.25) is 0 Å². The van der Waals surface area contributed by atoms with Gasteiger partial charge in [-0.05, 0) is 38.5 Å². The van der Waals surface area contributed by atoms with Crippen LogP contribution >= 0.6 is 0 Å². The molecule has 1 aromatic heterocycles. The number of anilines is 2. The lowest BCUT2D eigenvalue weighted by Gasteiger charge is -2.28. The van der Waals surface area contributed by atoms with E-state index in [0.717, 1.165) is 23.1 Å². The third-order valence-corrected chi connectivity index (χ3v) is 4.21. The summed E-state index contributed by atoms with van der Waals surface area (Å²) in [4.78, 5) is 9.15. The van der Waals surface area contributed by atoms with Crippen LogP contribution in [0.3, 0.4) is 0 Å². The zero-order valence-electron chi connectivity index (χ0n) is 13.5. The molecule has 1 aromatic rings. The van der Waals surface area contributed by atoms with Gasteiger partial charge in [0.25, 0.3) is 0 Å². The molecule has 1 heterocycles. The highest BCUT2D eigenvalue weighted by Gasteiger charge is 2.23. The van der Waals surface area contributed by atoms with Crippen molar-refractivity contribution in [3.8, 4) is 0 Å². The van der Waals surface area contributed by atoms with Crippen molar-refractivity contribution in [1.29, 1.82) is 0 Å². The zero-order valence-corrected chi connectivity index (χ0v) is 13.5. The molecule has 0 atom stereocenters. The van der Waals surface area contributed by atoms with Crippen LogP contribution in [-0.2, 0) is 5.41 Å². The molecule has 1 saturated carbocycles. The van der Waals surface area contributed by atoms with Gasteiger partial charge in [0.05, 0.1) is 0 Å². The van der Waals surface area contributed by atoms with E-state index in [1.54, 1.807) is 0 Å². The minimum atomic E-state index is -0.0840. The number of nitrogens with two attached hydrogens (primary N) is 1. The van der Waals surface area contributed by atoms with Crippen LogP contribution in [0, 0.1) is 12.8 Å². The molecule has 0 spiro atoms. The van der Waals surface area contributed by atoms with Crippen molar-refractivity contribution in [3.63, 3.8) is 0 Å². The third kappa shape index (κ3) is 3.41. The predicted molar refractivity (Wildman–Crippen MR) is 84.9 cm³/mol. The van der Waals surface area contributed by atoms with E-state index in [1.807, 2.05) is 6.92 Å². The Hall–Kier alpha value is -1.32. The average molecular weight is 276 g/mol. The molecule has 0 aliphatic heterocycles. The molecule has 1 aliphatic rings. The smallest absolute Gasteiger partial charge is 0.138 e. The van der Waals surface area contributed by atoms with Gasteiger partial charge in [-0.3, -0.25) is 0 Å². The van der Waals surface area contributed by atoms with E-state index in [-0.39, 0.29) is 5.41 Å². The molecule has 0 radical (unpaired) electrons. The molecule has 20 heavy (non-hydrogen) atoms. The third-order valence-electron chi connectivity index (χ3n) is 4.21. The van der Waals surface area contributed by atoms with Gasteiger partial charge in [0.1, 0.15) is 17.5 Å². The lowest BCUT2D eigenvalue weighted by Crippen LogP contribution is -2.27. The number of nitrogens with one attached hydrogen (secondary N) is 1. The highest BCUT2D eigenvalue weighted by molar-refractivity contribution is 5.55. The molecule has 112 valence electrons. The SMILES string of the molecule is Cc1c(N)nc(C(C)(C)C)nc1NC1CCC(C)CC1. The maximum absolute atomic E-state index is 6.05. The normalized spacial score (nSPS) is 23.6. The molecule has 1 aliphatic carbocycles. The molecule has 0 bridgehead atoms. The maximum Gasteiger partial charge on any atom is 0.138 e. The van der Waals surface area contributed by atoms with E-state index in [9.17, 15) is 0 Å². The van der Waals surface area contributed by atoms with Crippen molar-refractivity contribution in [2.45, 2.75) is 71.8 Å². The largest absolute Gasteiger partial charge is 0.383 e. The fourth-order valence-electron chi connectivity index (χ4n) is 2.61. The molecule has 4 nitrogen and oxygen atoms in total. The summed E-state index contributed by atoms with van der Waals surface area (Å²) in [6.07, 6.45) is 5.03. The molecule has 4 heteroatoms. The number of nitrogens with zero attached hydrogens (tertiary/aromatic N) is 2. The summed E-state index contributed by atoms with van der Waals surface area (Å²) in [7, 11) is 0. The summed E-state index contributed by atoms with van der Waals surface area (Å²) in [5, 5.41) is 3.59. The molecule has 0 amide bonds. The van der Waals surface area contributed by atoms with Crippen molar-refractivity contribution in [2.24, 2.45) is 5.92 Å². The molecule has 3 N–H and O–H groups in total. The van der Waals surface area contributed by atoms with Gasteiger partial charge in [0, 0.05) is 17.0 Å². The maximum atomic E-state index is 6.05. The number of hydrogen-bond donors (Lipinski definition) is 2. The summed E-state index contributed by atoms with van der Waals surface area (Å²) in [6, 6.07) is 0.520. The van der Waals surface area contributed by atoms with Crippen LogP contribution < -0.4 is 11.1 Å². The minimum absolute atomic E-state index is 0.0840. The summed E-state index contributed by atoms with van der Waals surface area (Å²) >= 11 is 0. The van der Waals surface area contributed by atoms with Crippen LogP contribution in [0.2, 0.25) is 0 Å². The number of rotatable bonds is 2. The average Bonchev–Trinajstić information content (AvgIpc) is 2.36. The van der Waals surface area contributed by atoms with Gasteiger partial charge in [0.15, 0.2) is 0 Å². The monoisotopic (exact) mass is 276 g/mol. The van der Waals surface area contributed by atoms with E-state index >= 15 is 0 Å². The van der Waals surface area contributed by atoms with E-state index < -0.39 is 0 Å². The molecule has 0 aromatic carbocycles. The lowest BCUT2D eigenvalue weighted by atomic mass is 9.87. The second-order valence-corrected chi connectivity index (χ2v) is 7.26. The second-order valence-electron chi connectivity index (χ2n) is 7.26. The van der Waals surface area contributed by atoms with Crippen LogP contribution in [-0.4, -0.2) is 16.0 Å². The Morgan fingerprint density at radius 3 is 2.25 bits per heavy atom. The molecule has 0 saturated heterocycles. The summed E-state index contributed by atoms with van der Waals surface area (Å²) in [6.45, 7) is 10.7. The van der Waals surface area contributed by atoms with Gasteiger partial charge >= 0.3 is 0 Å². The number of aromatic nitrogens is 2. The van der Waals surface area contributed by atoms with E-state index in [1.165, 1.54) is 25.7 Å². The fourth-order valence-corrected chi connectivity index (χ4v) is 2.61. The minimum Gasteiger partial charge on any atom is -0.383 e. The first-order valence-corrected chi connectivity index (χ1v) is 7.68. The zero-order chi connectivity index (χ0) is 14.9. The molecular formula is C16H28N4. The van der Waals surface area contributed by atoms with Crippen molar-refractivity contribution in [3.05, 3.63) is 11.4 Å². The van der Waals surface area contributed by atoms with Crippen LogP contribution in [0.1, 0.15) is 64.8 Å². The highest BCUT2D eigenvalue weighted by atomic mass is 15.1. The number of hydrogen-bond acceptors (Lipinski definition) is 4. The van der Waals surface area contributed by atoms with E-state index in [4.69, 9.17) is 10.7 Å². The molecule has 1 fully saturated rings. The first-order valence-electron chi connectivity index (χ1n) is 7.68. The van der Waals surface area contributed by atoms with Gasteiger partial charge < -0.3 is 11.1 Å². The first kappa shape index (κ1) is 15.1. The van der Waals surface area contributed by atoms with Crippen LogP contribution in [0.5, 0.6) is 0 Å². The number of nitrogen functional groups attached to an aromatic ring is 1. The Bertz CT molecular complexity index is 468. The van der Waals surface area contributed by atoms with Gasteiger partial charge in [-0.25, -0.2) is 9.97 Å². The van der Waals surface area contributed by atoms with Crippen molar-refractivity contribution < 1.29 is 0 Å². The quantitative estimate of drug-likeness (QED) is 0.865. The topological polar surface area (TPSA) is 63.8 Å². The van der Waals surface area contributed by atoms with Gasteiger partial charge in [-0.15, -0.1) is 0 Å². The Morgan fingerprint density at radius 2 is 1.70 bits per heavy atom. The Kier molecular flexibility index (Phi) is 4.21. The van der Waals surface area contributed by atoms with Gasteiger partial charge in [-0.2, -0.15) is 0 Å². The van der Waals surface area contributed by atoms with Crippen LogP contribution in [0.15, 0.2) is 0 Å². The Balaban J connectivity index is 2.20. The standard InChI is InChI=1S/C16H28N4/c1-10-6-8-12(9-7-10)18-14-11(2)13(17)19-15(20-14)16(3,4)5/h10,12H,6-9H2,1-5H3,(H3,17,18,19,20). The van der Waals surface area contributed by atoms with Crippen LogP contribution in [0.25, 0.3) is 0 Å². The highest BCUT2D eigenvalue weighted by Crippen LogP contribution is 2.29. The van der Waals surface area contributed by atoms with E-state index in [0.29, 0.717) is 11.9 Å². The van der Waals surface area contributed by atoms with Crippen molar-refractivity contribution >= 4 is 11.6 Å². The molecule has 0 unspecified atom stereocenters. The summed E-state index contributed by atoms with van der Waals surface area (Å²) < 4.78 is 0. The molecular weight excluding hydrogens is 248 g/mol. The summed E-state index contributed by atoms with van der Waals surface area (Å²) in [5.74, 6) is 3.18. The second kappa shape index (κ2) is 5.58. The molecule has 2 rings (SSSR count). The van der Waals surface area contributed by atoms with Crippen molar-refractivity contribution in [2.75, 3.05) is 11.1 Å². The Labute approximate surface area is 122 Å². The van der Waals surface area contributed by atoms with Crippen LogP contribution in [0.4, 0.5) is 11.6 Å². The van der Waals surface area contributed by atoms with E-state index in [2.05, 4.69) is 38.0 Å².